The summed E-state index contributed by atoms with van der Waals surface area (Å²) in [7, 11) is 0. The summed E-state index contributed by atoms with van der Waals surface area (Å²) in [4.78, 5) is 49.8. The van der Waals surface area contributed by atoms with E-state index in [-0.39, 0.29) is 25.9 Å². The number of imide groups is 1. The molecule has 2 N–H and O–H groups in total. The molecular formula is C21H21N3O5. The van der Waals surface area contributed by atoms with Crippen molar-refractivity contribution < 1.29 is 23.9 Å². The van der Waals surface area contributed by atoms with Crippen molar-refractivity contribution in [1.29, 1.82) is 0 Å². The summed E-state index contributed by atoms with van der Waals surface area (Å²) >= 11 is 0. The lowest BCUT2D eigenvalue weighted by molar-refractivity contribution is -0.146. The highest BCUT2D eigenvalue weighted by Crippen LogP contribution is 2.19. The molecule has 150 valence electrons. The number of likely N-dealkylation sites (tertiary alicyclic amines) is 1. The van der Waals surface area contributed by atoms with Crippen LogP contribution in [-0.4, -0.2) is 34.8 Å². The molecular weight excluding hydrogens is 374 g/mol. The smallest absolute Gasteiger partial charge is 0.426 e. The molecule has 1 fully saturated rings. The highest BCUT2D eigenvalue weighted by atomic mass is 16.6. The van der Waals surface area contributed by atoms with E-state index in [1.54, 1.807) is 36.4 Å². The third kappa shape index (κ3) is 5.41. The Morgan fingerprint density at radius 3 is 2.00 bits per heavy atom. The molecule has 3 rings (SSSR count). The number of rotatable bonds is 6. The fourth-order valence-electron chi connectivity index (χ4n) is 3.04. The molecule has 2 aromatic rings. The summed E-state index contributed by atoms with van der Waals surface area (Å²) < 4.78 is 5.03. The fourth-order valence-corrected chi connectivity index (χ4v) is 3.04. The number of benzene rings is 2. The molecule has 0 radical (unpaired) electrons. The molecule has 0 spiro atoms. The van der Waals surface area contributed by atoms with Gasteiger partial charge in [-0.15, -0.1) is 0 Å². The van der Waals surface area contributed by atoms with E-state index in [0.29, 0.717) is 0 Å². The minimum atomic E-state index is -1.06. The highest BCUT2D eigenvalue weighted by molar-refractivity contribution is 6.05. The molecule has 0 saturated carbocycles. The average Bonchev–Trinajstić information content (AvgIpc) is 3.08. The van der Waals surface area contributed by atoms with Crippen molar-refractivity contribution in [3.8, 4) is 0 Å². The number of hydrogen-bond acceptors (Lipinski definition) is 5. The predicted molar refractivity (Wildman–Crippen MR) is 103 cm³/mol. The van der Waals surface area contributed by atoms with Crippen molar-refractivity contribution >= 4 is 23.8 Å². The normalized spacial score (nSPS) is 14.4. The predicted octanol–water partition coefficient (Wildman–Crippen LogP) is 1.70. The van der Waals surface area contributed by atoms with Crippen LogP contribution in [0.15, 0.2) is 60.7 Å². The van der Waals surface area contributed by atoms with Crippen LogP contribution in [0.1, 0.15) is 24.0 Å². The molecule has 1 saturated heterocycles. The van der Waals surface area contributed by atoms with Crippen molar-refractivity contribution in [2.75, 3.05) is 0 Å². The van der Waals surface area contributed by atoms with E-state index in [1.165, 1.54) is 0 Å². The Labute approximate surface area is 167 Å². The van der Waals surface area contributed by atoms with Crippen LogP contribution < -0.4 is 10.9 Å². The van der Waals surface area contributed by atoms with Gasteiger partial charge in [0, 0.05) is 19.3 Å². The highest BCUT2D eigenvalue weighted by Gasteiger charge is 2.39. The zero-order valence-corrected chi connectivity index (χ0v) is 15.7. The summed E-state index contributed by atoms with van der Waals surface area (Å²) in [5.41, 5.74) is 5.99. The summed E-state index contributed by atoms with van der Waals surface area (Å²) in [5, 5.41) is 0. The van der Waals surface area contributed by atoms with E-state index in [0.717, 1.165) is 16.0 Å². The van der Waals surface area contributed by atoms with Gasteiger partial charge in [0.25, 0.3) is 5.91 Å². The monoisotopic (exact) mass is 395 g/mol. The molecule has 8 nitrogen and oxygen atoms in total. The molecule has 1 atom stereocenters. The lowest BCUT2D eigenvalue weighted by Gasteiger charge is -2.25. The zero-order valence-electron chi connectivity index (χ0n) is 15.7. The van der Waals surface area contributed by atoms with Crippen LogP contribution in [0.2, 0.25) is 0 Å². The Hall–Kier alpha value is -3.68. The van der Waals surface area contributed by atoms with Gasteiger partial charge in [0.05, 0.1) is 0 Å². The van der Waals surface area contributed by atoms with Crippen LogP contribution in [-0.2, 0) is 32.1 Å². The van der Waals surface area contributed by atoms with Gasteiger partial charge in [-0.05, 0) is 11.1 Å². The van der Waals surface area contributed by atoms with Crippen LogP contribution in [0.4, 0.5) is 4.79 Å². The van der Waals surface area contributed by atoms with Gasteiger partial charge in [-0.1, -0.05) is 60.7 Å². The largest absolute Gasteiger partial charge is 0.443 e. The van der Waals surface area contributed by atoms with Gasteiger partial charge in [0.15, 0.2) is 0 Å². The molecule has 0 aromatic heterocycles. The third-order valence-electron chi connectivity index (χ3n) is 4.48. The van der Waals surface area contributed by atoms with Gasteiger partial charge >= 0.3 is 6.09 Å². The Balaban J connectivity index is 1.61. The molecule has 1 aliphatic rings. The molecule has 0 bridgehead atoms. The fraction of sp³-hybridized carbons (Fsp3) is 0.238. The van der Waals surface area contributed by atoms with Gasteiger partial charge in [-0.25, -0.2) is 10.2 Å². The molecule has 0 aliphatic carbocycles. The molecule has 1 heterocycles. The second-order valence-electron chi connectivity index (χ2n) is 6.54. The van der Waals surface area contributed by atoms with Crippen LogP contribution in [0.3, 0.4) is 0 Å². The number of hydrazine groups is 1. The SMILES string of the molecule is O=C(NNC(=O)[C@H](Cc1ccccc1)N1C(=O)CCC1=O)OCc1ccccc1. The zero-order chi connectivity index (χ0) is 20.6. The molecule has 8 heteroatoms. The number of carbonyl (C=O) groups is 4. The topological polar surface area (TPSA) is 105 Å². The summed E-state index contributed by atoms with van der Waals surface area (Å²) in [6.07, 6.45) is -0.557. The third-order valence-corrected chi connectivity index (χ3v) is 4.48. The summed E-state index contributed by atoms with van der Waals surface area (Å²) in [6, 6.07) is 17.0. The van der Waals surface area contributed by atoms with Crippen molar-refractivity contribution in [2.24, 2.45) is 0 Å². The Morgan fingerprint density at radius 1 is 0.862 bits per heavy atom. The van der Waals surface area contributed by atoms with Crippen molar-refractivity contribution in [3.05, 3.63) is 71.8 Å². The first kappa shape index (κ1) is 20.1. The van der Waals surface area contributed by atoms with Crippen LogP contribution in [0, 0.1) is 0 Å². The lowest BCUT2D eigenvalue weighted by Crippen LogP contribution is -2.54. The molecule has 29 heavy (non-hydrogen) atoms. The van der Waals surface area contributed by atoms with Crippen molar-refractivity contribution in [3.63, 3.8) is 0 Å². The maximum atomic E-state index is 12.7. The second kappa shape index (κ2) is 9.50. The first-order valence-corrected chi connectivity index (χ1v) is 9.20. The standard InChI is InChI=1S/C21H21N3O5/c25-18-11-12-19(26)24(18)17(13-15-7-3-1-4-8-15)20(27)22-23-21(28)29-14-16-9-5-2-6-10-16/h1-10,17H,11-14H2,(H,22,27)(H,23,28)/t17-/m0/s1. The first-order valence-electron chi connectivity index (χ1n) is 9.20. The van der Waals surface area contributed by atoms with Gasteiger partial charge < -0.3 is 4.74 Å². The van der Waals surface area contributed by atoms with E-state index in [2.05, 4.69) is 10.9 Å². The van der Waals surface area contributed by atoms with Gasteiger partial charge in [0.1, 0.15) is 12.6 Å². The number of nitrogens with zero attached hydrogens (tertiary/aromatic N) is 1. The number of ether oxygens (including phenoxy) is 1. The number of hydrogen-bond donors (Lipinski definition) is 2. The van der Waals surface area contributed by atoms with E-state index in [1.807, 2.05) is 24.3 Å². The van der Waals surface area contributed by atoms with Crippen LogP contribution >= 0.6 is 0 Å². The lowest BCUT2D eigenvalue weighted by atomic mass is 10.0. The van der Waals surface area contributed by atoms with Gasteiger partial charge in [-0.2, -0.15) is 0 Å². The Morgan fingerprint density at radius 2 is 1.41 bits per heavy atom. The first-order chi connectivity index (χ1) is 14.0. The van der Waals surface area contributed by atoms with Gasteiger partial charge in [0.2, 0.25) is 11.8 Å². The molecule has 0 unspecified atom stereocenters. The Kier molecular flexibility index (Phi) is 6.57. The maximum absolute atomic E-state index is 12.7. The minimum absolute atomic E-state index is 0.0408. The van der Waals surface area contributed by atoms with E-state index in [4.69, 9.17) is 4.74 Å². The van der Waals surface area contributed by atoms with E-state index < -0.39 is 29.9 Å². The number of amides is 4. The van der Waals surface area contributed by atoms with Gasteiger partial charge in [-0.3, -0.25) is 24.7 Å². The summed E-state index contributed by atoms with van der Waals surface area (Å²) in [6.45, 7) is 0.0408. The van der Waals surface area contributed by atoms with Crippen LogP contribution in [0.25, 0.3) is 0 Å². The number of carbonyl (C=O) groups excluding carboxylic acids is 4. The average molecular weight is 395 g/mol. The number of nitrogens with one attached hydrogen (secondary N) is 2. The maximum Gasteiger partial charge on any atom is 0.426 e. The minimum Gasteiger partial charge on any atom is -0.443 e. The second-order valence-corrected chi connectivity index (χ2v) is 6.54. The van der Waals surface area contributed by atoms with Crippen molar-refractivity contribution in [1.82, 2.24) is 15.8 Å². The summed E-state index contributed by atoms with van der Waals surface area (Å²) in [5.74, 6) is -1.48. The molecule has 2 aromatic carbocycles. The Bertz CT molecular complexity index is 870. The van der Waals surface area contributed by atoms with E-state index in [9.17, 15) is 19.2 Å². The van der Waals surface area contributed by atoms with Crippen LogP contribution in [0.5, 0.6) is 0 Å². The van der Waals surface area contributed by atoms with E-state index >= 15 is 0 Å². The molecule has 1 aliphatic heterocycles. The quantitative estimate of drug-likeness (QED) is 0.572. The molecule has 4 amide bonds. The van der Waals surface area contributed by atoms with Crippen molar-refractivity contribution in [2.45, 2.75) is 31.9 Å².